The van der Waals surface area contributed by atoms with E-state index in [2.05, 4.69) is 0 Å². The number of ether oxygens (including phenoxy) is 1. The van der Waals surface area contributed by atoms with Crippen LogP contribution in [0.15, 0.2) is 30.3 Å². The predicted octanol–water partition coefficient (Wildman–Crippen LogP) is 4.54. The highest BCUT2D eigenvalue weighted by Gasteiger charge is 2.15. The first-order chi connectivity index (χ1) is 8.08. The van der Waals surface area contributed by atoms with Crippen molar-refractivity contribution in [1.82, 2.24) is 0 Å². The average Bonchev–Trinajstić information content (AvgIpc) is 2.63. The molecule has 0 aliphatic rings. The van der Waals surface area contributed by atoms with Gasteiger partial charge >= 0.3 is 0 Å². The molecule has 1 aromatic heterocycles. The van der Waals surface area contributed by atoms with Crippen molar-refractivity contribution in [3.05, 3.63) is 46.0 Å². The van der Waals surface area contributed by atoms with E-state index in [1.165, 1.54) is 25.1 Å². The van der Waals surface area contributed by atoms with E-state index in [1.54, 1.807) is 12.1 Å². The number of carbonyl (C=O) groups is 1. The summed E-state index contributed by atoms with van der Waals surface area (Å²) in [4.78, 5) is 11.3. The number of Topliss-reactive ketones (excluding diaryl/α,β-unsaturated/α-hetero) is 1. The van der Waals surface area contributed by atoms with Gasteiger partial charge in [-0.25, -0.2) is 4.39 Å². The van der Waals surface area contributed by atoms with Crippen molar-refractivity contribution in [2.24, 2.45) is 0 Å². The summed E-state index contributed by atoms with van der Waals surface area (Å²) in [6.07, 6.45) is 0. The molecule has 0 unspecified atom stereocenters. The van der Waals surface area contributed by atoms with Gasteiger partial charge < -0.3 is 4.74 Å². The lowest BCUT2D eigenvalue weighted by Gasteiger charge is -2.05. The molecule has 17 heavy (non-hydrogen) atoms. The fraction of sp³-hybridized carbons (Fsp3) is 0.0833. The smallest absolute Gasteiger partial charge is 0.193 e. The molecule has 0 fully saturated rings. The van der Waals surface area contributed by atoms with Crippen molar-refractivity contribution in [3.8, 4) is 10.8 Å². The fourth-order valence-corrected chi connectivity index (χ4v) is 2.41. The Morgan fingerprint density at radius 3 is 2.76 bits per heavy atom. The lowest BCUT2D eigenvalue weighted by atomic mass is 10.2. The number of halogens is 2. The largest absolute Gasteiger partial charge is 0.443 e. The SMILES string of the molecule is CC(=O)c1cc(Cl)sc1Oc1ccccc1F. The van der Waals surface area contributed by atoms with Crippen LogP contribution in [0.3, 0.4) is 0 Å². The lowest BCUT2D eigenvalue weighted by Crippen LogP contribution is -1.93. The molecule has 2 rings (SSSR count). The average molecular weight is 271 g/mol. The summed E-state index contributed by atoms with van der Waals surface area (Å²) >= 11 is 6.91. The number of hydrogen-bond donors (Lipinski definition) is 0. The number of benzene rings is 1. The van der Waals surface area contributed by atoms with Gasteiger partial charge in [-0.15, -0.1) is 0 Å². The highest BCUT2D eigenvalue weighted by atomic mass is 35.5. The van der Waals surface area contributed by atoms with Gasteiger partial charge in [-0.1, -0.05) is 35.1 Å². The normalized spacial score (nSPS) is 10.3. The van der Waals surface area contributed by atoms with E-state index in [-0.39, 0.29) is 11.5 Å². The molecule has 0 aliphatic heterocycles. The molecular weight excluding hydrogens is 263 g/mol. The molecule has 5 heteroatoms. The van der Waals surface area contributed by atoms with Crippen LogP contribution in [0.5, 0.6) is 10.8 Å². The molecule has 0 N–H and O–H groups in total. The number of ketones is 1. The maximum Gasteiger partial charge on any atom is 0.193 e. The Kier molecular flexibility index (Phi) is 3.45. The second kappa shape index (κ2) is 4.85. The van der Waals surface area contributed by atoms with Gasteiger partial charge in [-0.2, -0.15) is 0 Å². The number of rotatable bonds is 3. The standard InChI is InChI=1S/C12H8ClFO2S/c1-7(15)8-6-11(13)17-12(8)16-10-5-3-2-4-9(10)14/h2-6H,1H3. The van der Waals surface area contributed by atoms with Crippen LogP contribution in [0.2, 0.25) is 4.34 Å². The summed E-state index contributed by atoms with van der Waals surface area (Å²) in [5, 5.41) is 0.313. The van der Waals surface area contributed by atoms with Gasteiger partial charge in [0.2, 0.25) is 0 Å². The van der Waals surface area contributed by atoms with Crippen molar-refractivity contribution in [2.75, 3.05) is 0 Å². The molecule has 0 atom stereocenters. The molecule has 0 radical (unpaired) electrons. The zero-order chi connectivity index (χ0) is 12.4. The Hall–Kier alpha value is -1.39. The van der Waals surface area contributed by atoms with Crippen molar-refractivity contribution >= 4 is 28.7 Å². The van der Waals surface area contributed by atoms with E-state index in [0.717, 1.165) is 11.3 Å². The summed E-state index contributed by atoms with van der Waals surface area (Å²) in [7, 11) is 0. The van der Waals surface area contributed by atoms with E-state index in [9.17, 15) is 9.18 Å². The molecule has 2 nitrogen and oxygen atoms in total. The molecule has 0 saturated heterocycles. The first-order valence-corrected chi connectivity index (χ1v) is 6.00. The van der Waals surface area contributed by atoms with Crippen LogP contribution >= 0.6 is 22.9 Å². The summed E-state index contributed by atoms with van der Waals surface area (Å²) in [5.74, 6) is -0.570. The van der Waals surface area contributed by atoms with Gasteiger partial charge in [0.15, 0.2) is 22.4 Å². The van der Waals surface area contributed by atoms with Crippen LogP contribution < -0.4 is 4.74 Å². The summed E-state index contributed by atoms with van der Waals surface area (Å²) in [6, 6.07) is 7.52. The summed E-state index contributed by atoms with van der Waals surface area (Å²) < 4.78 is 19.2. The highest BCUT2D eigenvalue weighted by molar-refractivity contribution is 7.18. The van der Waals surface area contributed by atoms with Crippen molar-refractivity contribution in [3.63, 3.8) is 0 Å². The third kappa shape index (κ3) is 2.65. The predicted molar refractivity (Wildman–Crippen MR) is 65.8 cm³/mol. The van der Waals surface area contributed by atoms with Gasteiger partial charge in [0.25, 0.3) is 0 Å². The van der Waals surface area contributed by atoms with Crippen molar-refractivity contribution in [1.29, 1.82) is 0 Å². The quantitative estimate of drug-likeness (QED) is 0.766. The Balaban J connectivity index is 2.36. The van der Waals surface area contributed by atoms with Crippen LogP contribution in [0.25, 0.3) is 0 Å². The van der Waals surface area contributed by atoms with E-state index in [0.29, 0.717) is 15.0 Å². The first kappa shape index (κ1) is 12.1. The minimum atomic E-state index is -0.480. The van der Waals surface area contributed by atoms with Crippen molar-refractivity contribution in [2.45, 2.75) is 6.92 Å². The molecule has 0 aliphatic carbocycles. The molecule has 88 valence electrons. The molecule has 1 heterocycles. The summed E-state index contributed by atoms with van der Waals surface area (Å²) in [6.45, 7) is 1.41. The van der Waals surface area contributed by atoms with Crippen LogP contribution in [0.1, 0.15) is 17.3 Å². The Bertz CT molecular complexity index is 565. The van der Waals surface area contributed by atoms with E-state index in [1.807, 2.05) is 0 Å². The Morgan fingerprint density at radius 1 is 1.41 bits per heavy atom. The van der Waals surface area contributed by atoms with E-state index >= 15 is 0 Å². The first-order valence-electron chi connectivity index (χ1n) is 4.80. The second-order valence-corrected chi connectivity index (χ2v) is 4.99. The van der Waals surface area contributed by atoms with Crippen LogP contribution in [-0.4, -0.2) is 5.78 Å². The molecule has 0 amide bonds. The van der Waals surface area contributed by atoms with Gasteiger partial charge in [0.05, 0.1) is 9.90 Å². The molecule has 0 saturated carbocycles. The van der Waals surface area contributed by atoms with Crippen LogP contribution in [0.4, 0.5) is 4.39 Å². The Morgan fingerprint density at radius 2 is 2.12 bits per heavy atom. The minimum absolute atomic E-state index is 0.0773. The third-order valence-corrected chi connectivity index (χ3v) is 3.23. The van der Waals surface area contributed by atoms with Gasteiger partial charge in [-0.3, -0.25) is 4.79 Å². The number of hydrogen-bond acceptors (Lipinski definition) is 3. The third-order valence-electron chi connectivity index (χ3n) is 2.09. The molecule has 2 aromatic rings. The minimum Gasteiger partial charge on any atom is -0.443 e. The zero-order valence-electron chi connectivity index (χ0n) is 8.87. The van der Waals surface area contributed by atoms with Crippen LogP contribution in [0, 0.1) is 5.82 Å². The topological polar surface area (TPSA) is 26.3 Å². The molecule has 0 spiro atoms. The zero-order valence-corrected chi connectivity index (χ0v) is 10.4. The monoisotopic (exact) mass is 270 g/mol. The maximum absolute atomic E-state index is 13.4. The lowest BCUT2D eigenvalue weighted by molar-refractivity contribution is 0.101. The number of carbonyl (C=O) groups excluding carboxylic acids is 1. The summed E-state index contributed by atoms with van der Waals surface area (Å²) in [5.41, 5.74) is 0.364. The number of para-hydroxylation sites is 1. The van der Waals surface area contributed by atoms with Gasteiger partial charge in [-0.05, 0) is 25.1 Å². The maximum atomic E-state index is 13.4. The molecule has 0 bridgehead atoms. The number of thiophene rings is 1. The van der Waals surface area contributed by atoms with E-state index in [4.69, 9.17) is 16.3 Å². The van der Waals surface area contributed by atoms with Crippen LogP contribution in [-0.2, 0) is 0 Å². The van der Waals surface area contributed by atoms with Gasteiger partial charge in [0, 0.05) is 0 Å². The second-order valence-electron chi connectivity index (χ2n) is 3.34. The molecule has 1 aromatic carbocycles. The van der Waals surface area contributed by atoms with E-state index < -0.39 is 5.82 Å². The highest BCUT2D eigenvalue weighted by Crippen LogP contribution is 2.37. The molecular formula is C12H8ClFO2S. The fourth-order valence-electron chi connectivity index (χ4n) is 1.29. The Labute approximate surface area is 107 Å². The van der Waals surface area contributed by atoms with Crippen molar-refractivity contribution < 1.29 is 13.9 Å². The van der Waals surface area contributed by atoms with Gasteiger partial charge in [0.1, 0.15) is 0 Å².